The average Bonchev–Trinajstić information content (AvgIpc) is 3.25. The lowest BCUT2D eigenvalue weighted by atomic mass is 10.1. The van der Waals surface area contributed by atoms with E-state index in [2.05, 4.69) is 36.8 Å². The topological polar surface area (TPSA) is 50.3 Å². The lowest BCUT2D eigenvalue weighted by Gasteiger charge is -2.31. The summed E-state index contributed by atoms with van der Waals surface area (Å²) in [5.41, 5.74) is 1.18. The van der Waals surface area contributed by atoms with Crippen LogP contribution in [0.3, 0.4) is 0 Å². The summed E-state index contributed by atoms with van der Waals surface area (Å²) in [6, 6.07) is 5.33. The summed E-state index contributed by atoms with van der Waals surface area (Å²) in [6.45, 7) is 0.753. The summed E-state index contributed by atoms with van der Waals surface area (Å²) in [5, 5.41) is 1.63. The van der Waals surface area contributed by atoms with Gasteiger partial charge >= 0.3 is 0 Å². The summed E-state index contributed by atoms with van der Waals surface area (Å²) in [7, 11) is -4.11. The van der Waals surface area contributed by atoms with Crippen molar-refractivity contribution in [2.75, 3.05) is 18.0 Å². The Morgan fingerprint density at radius 1 is 1.09 bits per heavy atom. The van der Waals surface area contributed by atoms with Crippen molar-refractivity contribution < 1.29 is 21.6 Å². The maximum Gasteiger partial charge on any atom is 0.185 e. The second-order valence-corrected chi connectivity index (χ2v) is 12.2. The first kappa shape index (κ1) is 24.0. The minimum atomic E-state index is -4.11. The fourth-order valence-corrected chi connectivity index (χ4v) is 7.90. The van der Waals surface area contributed by atoms with Crippen LogP contribution in [0.25, 0.3) is 11.3 Å². The quantitative estimate of drug-likeness (QED) is 0.296. The lowest BCUT2D eigenvalue weighted by Crippen LogP contribution is -2.39. The van der Waals surface area contributed by atoms with Gasteiger partial charge in [-0.05, 0) is 62.9 Å². The second-order valence-electron chi connectivity index (χ2n) is 7.17. The van der Waals surface area contributed by atoms with E-state index < -0.39 is 41.9 Å². The van der Waals surface area contributed by atoms with Crippen molar-refractivity contribution in [2.24, 2.45) is 0 Å². The van der Waals surface area contributed by atoms with Crippen LogP contribution >= 0.6 is 54.8 Å². The van der Waals surface area contributed by atoms with E-state index >= 15 is 0 Å². The fraction of sp³-hybridized carbons (Fsp3) is 0.250. The number of thiazole rings is 1. The normalized spacial score (nSPS) is 15.4. The molecular weight excluding hydrogens is 617 g/mol. The number of hydrogen-bond acceptors (Lipinski definition) is 5. The monoisotopic (exact) mass is 628 g/mol. The van der Waals surface area contributed by atoms with E-state index in [1.807, 2.05) is 4.90 Å². The molecule has 0 radical (unpaired) electrons. The number of benzene rings is 2. The number of nitrogens with zero attached hydrogens (tertiary/aromatic N) is 2. The van der Waals surface area contributed by atoms with Crippen LogP contribution in [-0.4, -0.2) is 31.7 Å². The molecule has 0 unspecified atom stereocenters. The maximum atomic E-state index is 14.6. The molecule has 170 valence electrons. The van der Waals surface area contributed by atoms with Gasteiger partial charge < -0.3 is 4.90 Å². The van der Waals surface area contributed by atoms with Gasteiger partial charge in [0.15, 0.2) is 20.8 Å². The molecule has 2 aromatic carbocycles. The first-order valence-corrected chi connectivity index (χ1v) is 13.7. The highest BCUT2D eigenvalue weighted by atomic mass is 79.9. The summed E-state index contributed by atoms with van der Waals surface area (Å²) in [6.07, 6.45) is 0.458. The van der Waals surface area contributed by atoms with Gasteiger partial charge in [-0.25, -0.2) is 26.6 Å². The lowest BCUT2D eigenvalue weighted by molar-refractivity contribution is 0.512. The highest BCUT2D eigenvalue weighted by Crippen LogP contribution is 2.38. The molecule has 0 spiro atoms. The third kappa shape index (κ3) is 4.46. The summed E-state index contributed by atoms with van der Waals surface area (Å²) < 4.78 is 67.9. The molecule has 2 heterocycles. The molecule has 4 rings (SSSR count). The molecule has 4 nitrogen and oxygen atoms in total. The zero-order valence-electron chi connectivity index (χ0n) is 16.1. The molecule has 0 saturated carbocycles. The number of piperidine rings is 1. The van der Waals surface area contributed by atoms with Crippen molar-refractivity contribution in [3.05, 3.63) is 61.1 Å². The molecular formula is C20H14Br2ClF3N2O2S2. The van der Waals surface area contributed by atoms with E-state index in [0.717, 1.165) is 6.07 Å². The molecule has 1 saturated heterocycles. The molecule has 3 aromatic rings. The van der Waals surface area contributed by atoms with Crippen LogP contribution in [0.4, 0.5) is 18.3 Å². The van der Waals surface area contributed by atoms with Gasteiger partial charge in [0.2, 0.25) is 0 Å². The number of sulfone groups is 1. The van der Waals surface area contributed by atoms with Crippen LogP contribution in [0.1, 0.15) is 12.8 Å². The van der Waals surface area contributed by atoms with E-state index in [-0.39, 0.29) is 22.3 Å². The van der Waals surface area contributed by atoms with Crippen LogP contribution < -0.4 is 4.90 Å². The molecule has 1 fully saturated rings. The maximum absolute atomic E-state index is 14.6. The third-order valence-corrected chi connectivity index (χ3v) is 10.3. The van der Waals surface area contributed by atoms with Crippen molar-refractivity contribution >= 4 is 69.8 Å². The average molecular weight is 631 g/mol. The van der Waals surface area contributed by atoms with Crippen LogP contribution in [0.15, 0.2) is 43.5 Å². The van der Waals surface area contributed by atoms with E-state index in [0.29, 0.717) is 29.5 Å². The largest absolute Gasteiger partial charge is 0.348 e. The van der Waals surface area contributed by atoms with Crippen LogP contribution in [0, 0.1) is 17.5 Å². The van der Waals surface area contributed by atoms with E-state index in [1.165, 1.54) is 23.5 Å². The van der Waals surface area contributed by atoms with Crippen LogP contribution in [-0.2, 0) is 9.84 Å². The van der Waals surface area contributed by atoms with Crippen molar-refractivity contribution in [1.29, 1.82) is 0 Å². The molecule has 0 N–H and O–H groups in total. The Bertz CT molecular complexity index is 1270. The zero-order valence-corrected chi connectivity index (χ0v) is 21.6. The highest BCUT2D eigenvalue weighted by Gasteiger charge is 2.37. The van der Waals surface area contributed by atoms with Crippen molar-refractivity contribution in [1.82, 2.24) is 4.98 Å². The standard InChI is InChI=1S/C20H14Br2ClF3N2O2S2/c21-12-8-15(25)17(22)19(18(12)26)32(29,30)11-3-5-28(6-4-11)20-27-16(9-31-20)10-1-2-13(23)14(24)7-10/h1-2,7-9,11H,3-6H2. The minimum Gasteiger partial charge on any atom is -0.348 e. The SMILES string of the molecule is O=S(=O)(c1c(F)c(Br)cc(F)c1Br)C1CCN(c2nc(-c3ccc(Cl)c(F)c3)cs2)CC1. The molecule has 0 bridgehead atoms. The van der Waals surface area contributed by atoms with Gasteiger partial charge in [0.1, 0.15) is 16.5 Å². The van der Waals surface area contributed by atoms with Crippen molar-refractivity contribution in [3.8, 4) is 11.3 Å². The van der Waals surface area contributed by atoms with Crippen LogP contribution in [0.2, 0.25) is 5.02 Å². The minimum absolute atomic E-state index is 0.0286. The molecule has 1 aromatic heterocycles. The van der Waals surface area contributed by atoms with Gasteiger partial charge in [-0.2, -0.15) is 0 Å². The van der Waals surface area contributed by atoms with Crippen LogP contribution in [0.5, 0.6) is 0 Å². The fourth-order valence-electron chi connectivity index (χ4n) is 3.52. The Morgan fingerprint density at radius 2 is 1.78 bits per heavy atom. The Morgan fingerprint density at radius 3 is 2.44 bits per heavy atom. The van der Waals surface area contributed by atoms with Gasteiger partial charge in [0.25, 0.3) is 0 Å². The van der Waals surface area contributed by atoms with E-state index in [1.54, 1.807) is 11.4 Å². The predicted molar refractivity (Wildman–Crippen MR) is 127 cm³/mol. The van der Waals surface area contributed by atoms with Gasteiger partial charge in [0, 0.05) is 24.0 Å². The van der Waals surface area contributed by atoms with Crippen molar-refractivity contribution in [3.63, 3.8) is 0 Å². The van der Waals surface area contributed by atoms with E-state index in [4.69, 9.17) is 11.6 Å². The first-order valence-electron chi connectivity index (χ1n) is 9.32. The Labute approximate surface area is 208 Å². The predicted octanol–water partition coefficient (Wildman–Crippen LogP) is 6.85. The molecule has 0 aliphatic carbocycles. The Balaban J connectivity index is 1.52. The van der Waals surface area contributed by atoms with E-state index in [9.17, 15) is 21.6 Å². The number of hydrogen-bond donors (Lipinski definition) is 0. The summed E-state index contributed by atoms with van der Waals surface area (Å²) in [4.78, 5) is 5.80. The van der Waals surface area contributed by atoms with Gasteiger partial charge in [-0.3, -0.25) is 0 Å². The number of aromatic nitrogens is 1. The van der Waals surface area contributed by atoms with Gasteiger partial charge in [-0.15, -0.1) is 11.3 Å². The molecule has 1 aliphatic heterocycles. The third-order valence-electron chi connectivity index (χ3n) is 5.21. The van der Waals surface area contributed by atoms with Gasteiger partial charge in [-0.1, -0.05) is 17.7 Å². The number of anilines is 1. The number of rotatable bonds is 4. The highest BCUT2D eigenvalue weighted by molar-refractivity contribution is 9.11. The van der Waals surface area contributed by atoms with Gasteiger partial charge in [0.05, 0.1) is 24.9 Å². The first-order chi connectivity index (χ1) is 15.1. The second kappa shape index (κ2) is 9.25. The summed E-state index contributed by atoms with van der Waals surface area (Å²) >= 11 is 12.8. The molecule has 32 heavy (non-hydrogen) atoms. The molecule has 1 aliphatic rings. The molecule has 12 heteroatoms. The smallest absolute Gasteiger partial charge is 0.185 e. The summed E-state index contributed by atoms with van der Waals surface area (Å²) in [5.74, 6) is -2.41. The molecule has 0 atom stereocenters. The zero-order chi connectivity index (χ0) is 23.2. The van der Waals surface area contributed by atoms with Crippen molar-refractivity contribution in [2.45, 2.75) is 23.0 Å². The number of halogens is 6. The Kier molecular flexibility index (Phi) is 6.94. The Hall–Kier alpha value is -1.14. The molecule has 0 amide bonds.